The number of fused-ring (bicyclic) bond motifs is 1. The lowest BCUT2D eigenvalue weighted by atomic mass is 10.1. The molecule has 3 heterocycles. The Balaban J connectivity index is 1.27. The number of carbonyl (C=O) groups excluding carboxylic acids is 1. The molecule has 2 amide bonds. The Labute approximate surface area is 235 Å². The number of unbranched alkanes of at least 4 members (excludes halogenated alkanes) is 2. The summed E-state index contributed by atoms with van der Waals surface area (Å²) < 4.78 is 35.7. The third-order valence-corrected chi connectivity index (χ3v) is 8.16. The molecule has 11 heteroatoms. The minimum absolute atomic E-state index is 0.0205. The molecular formula is C29H41F2N7O2. The molecule has 0 spiro atoms. The number of hydrogen-bond acceptors (Lipinski definition) is 7. The largest absolute Gasteiger partial charge is 0.491 e. The second-order valence-corrected chi connectivity index (χ2v) is 11.0. The van der Waals surface area contributed by atoms with Gasteiger partial charge in [-0.25, -0.2) is 18.6 Å². The van der Waals surface area contributed by atoms with Crippen molar-refractivity contribution in [2.24, 2.45) is 0 Å². The molecule has 5 rings (SSSR count). The van der Waals surface area contributed by atoms with Crippen LogP contribution in [0.2, 0.25) is 0 Å². The molecule has 1 saturated heterocycles. The van der Waals surface area contributed by atoms with Gasteiger partial charge in [0.1, 0.15) is 17.3 Å². The van der Waals surface area contributed by atoms with E-state index in [0.717, 1.165) is 95.2 Å². The third kappa shape index (κ3) is 6.30. The fourth-order valence-corrected chi connectivity index (χ4v) is 5.87. The molecule has 1 aliphatic carbocycles. The van der Waals surface area contributed by atoms with Gasteiger partial charge in [-0.15, -0.1) is 0 Å². The van der Waals surface area contributed by atoms with Gasteiger partial charge >= 0.3 is 6.03 Å². The lowest BCUT2D eigenvalue weighted by molar-refractivity contribution is 0.152. The van der Waals surface area contributed by atoms with E-state index in [4.69, 9.17) is 9.72 Å². The van der Waals surface area contributed by atoms with Crippen LogP contribution in [0.4, 0.5) is 31.0 Å². The first-order valence-electron chi connectivity index (χ1n) is 14.7. The van der Waals surface area contributed by atoms with Gasteiger partial charge in [-0.3, -0.25) is 9.80 Å². The highest BCUT2D eigenvalue weighted by Crippen LogP contribution is 2.39. The fourth-order valence-electron chi connectivity index (χ4n) is 5.87. The topological polar surface area (TPSA) is 77.1 Å². The molecule has 40 heavy (non-hydrogen) atoms. The predicted octanol–water partition coefficient (Wildman–Crippen LogP) is 4.87. The number of anilines is 3. The van der Waals surface area contributed by atoms with Crippen LogP contribution in [0.25, 0.3) is 0 Å². The van der Waals surface area contributed by atoms with Crippen LogP contribution < -0.4 is 19.9 Å². The third-order valence-electron chi connectivity index (χ3n) is 8.16. The van der Waals surface area contributed by atoms with Crippen LogP contribution in [0.15, 0.2) is 18.3 Å². The lowest BCUT2D eigenvalue weighted by Gasteiger charge is -2.39. The minimum atomic E-state index is -0.878. The first-order valence-corrected chi connectivity index (χ1v) is 14.7. The summed E-state index contributed by atoms with van der Waals surface area (Å²) in [5.74, 6) is -0.766. The summed E-state index contributed by atoms with van der Waals surface area (Å²) in [5.41, 5.74) is 0.258. The minimum Gasteiger partial charge on any atom is -0.491 e. The van der Waals surface area contributed by atoms with E-state index in [2.05, 4.69) is 27.1 Å². The van der Waals surface area contributed by atoms with Gasteiger partial charge in [-0.1, -0.05) is 19.3 Å². The zero-order valence-electron chi connectivity index (χ0n) is 23.7. The highest BCUT2D eigenvalue weighted by atomic mass is 19.1. The summed E-state index contributed by atoms with van der Waals surface area (Å²) in [4.78, 5) is 30.7. The molecule has 218 valence electrons. The van der Waals surface area contributed by atoms with Crippen molar-refractivity contribution in [2.45, 2.75) is 64.5 Å². The summed E-state index contributed by atoms with van der Waals surface area (Å²) in [6, 6.07) is 1.84. The van der Waals surface area contributed by atoms with Gasteiger partial charge in [0, 0.05) is 50.5 Å². The maximum atomic E-state index is 15.3. The Morgan fingerprint density at radius 1 is 1.07 bits per heavy atom. The number of likely N-dealkylation sites (N-methyl/N-ethyl adjacent to an activating group) is 1. The number of ether oxygens (including phenoxy) is 1. The van der Waals surface area contributed by atoms with E-state index in [1.807, 2.05) is 0 Å². The van der Waals surface area contributed by atoms with Crippen molar-refractivity contribution in [3.05, 3.63) is 35.5 Å². The van der Waals surface area contributed by atoms with Crippen molar-refractivity contribution in [3.8, 4) is 5.75 Å². The first kappa shape index (κ1) is 28.5. The van der Waals surface area contributed by atoms with Crippen LogP contribution in [0, 0.1) is 11.6 Å². The molecule has 2 fully saturated rings. The van der Waals surface area contributed by atoms with Crippen molar-refractivity contribution in [1.82, 2.24) is 19.8 Å². The van der Waals surface area contributed by atoms with Gasteiger partial charge in [-0.2, -0.15) is 4.98 Å². The number of urea groups is 1. The van der Waals surface area contributed by atoms with Crippen LogP contribution in [0.1, 0.15) is 57.4 Å². The first-order chi connectivity index (χ1) is 19.5. The van der Waals surface area contributed by atoms with E-state index in [1.54, 1.807) is 18.0 Å². The molecule has 9 nitrogen and oxygen atoms in total. The van der Waals surface area contributed by atoms with Crippen molar-refractivity contribution in [1.29, 1.82) is 0 Å². The standard InChI is InChI=1S/C29H41F2N7O2/c1-3-40-24-12-11-23(30)26(25(24)31)37-20-21-19-33-28(34-27(21)38(29(37)39)22-9-5-6-10-22)32-13-7-4-8-14-36-17-15-35(2)16-18-36/h11-12,19,22H,3-10,13-18,20H2,1-2H3,(H,32,33,34). The number of hydrogen-bond donors (Lipinski definition) is 1. The van der Waals surface area contributed by atoms with Crippen LogP contribution >= 0.6 is 0 Å². The summed E-state index contributed by atoms with van der Waals surface area (Å²) in [6.07, 6.45) is 8.58. The Morgan fingerprint density at radius 3 is 2.60 bits per heavy atom. The van der Waals surface area contributed by atoms with Gasteiger partial charge in [0.25, 0.3) is 0 Å². The van der Waals surface area contributed by atoms with Gasteiger partial charge in [0.05, 0.1) is 13.2 Å². The van der Waals surface area contributed by atoms with Crippen LogP contribution in [-0.4, -0.2) is 84.8 Å². The molecule has 2 aliphatic heterocycles. The van der Waals surface area contributed by atoms with E-state index in [-0.39, 0.29) is 24.9 Å². The second kappa shape index (κ2) is 13.1. The Morgan fingerprint density at radius 2 is 1.85 bits per heavy atom. The monoisotopic (exact) mass is 557 g/mol. The van der Waals surface area contributed by atoms with Crippen molar-refractivity contribution in [2.75, 3.05) is 68.0 Å². The van der Waals surface area contributed by atoms with Crippen molar-refractivity contribution < 1.29 is 18.3 Å². The maximum Gasteiger partial charge on any atom is 0.330 e. The molecule has 1 aromatic carbocycles. The van der Waals surface area contributed by atoms with Crippen molar-refractivity contribution in [3.63, 3.8) is 0 Å². The number of rotatable bonds is 11. The number of halogens is 2. The number of aromatic nitrogens is 2. The molecule has 0 atom stereocenters. The van der Waals surface area contributed by atoms with E-state index < -0.39 is 23.4 Å². The fraction of sp³-hybridized carbons (Fsp3) is 0.621. The molecule has 0 radical (unpaired) electrons. The van der Waals surface area contributed by atoms with Crippen LogP contribution in [0.3, 0.4) is 0 Å². The van der Waals surface area contributed by atoms with E-state index in [0.29, 0.717) is 17.3 Å². The SMILES string of the molecule is CCOc1ccc(F)c(N2Cc3cnc(NCCCCCN4CCN(C)CC4)nc3N(C3CCCC3)C2=O)c1F. The highest BCUT2D eigenvalue weighted by Gasteiger charge is 2.40. The maximum absolute atomic E-state index is 15.3. The lowest BCUT2D eigenvalue weighted by Crippen LogP contribution is -2.52. The zero-order valence-corrected chi connectivity index (χ0v) is 23.7. The number of nitrogens with zero attached hydrogens (tertiary/aromatic N) is 6. The number of amides is 2. The van der Waals surface area contributed by atoms with Crippen LogP contribution in [0.5, 0.6) is 5.75 Å². The highest BCUT2D eigenvalue weighted by molar-refractivity contribution is 6.06. The Hall–Kier alpha value is -3.05. The molecule has 1 saturated carbocycles. The summed E-state index contributed by atoms with van der Waals surface area (Å²) in [5, 5.41) is 3.32. The smallest absolute Gasteiger partial charge is 0.330 e. The number of carbonyl (C=O) groups is 1. The van der Waals surface area contributed by atoms with E-state index in [9.17, 15) is 9.18 Å². The Kier molecular flexibility index (Phi) is 9.31. The molecule has 0 unspecified atom stereocenters. The molecule has 0 bridgehead atoms. The second-order valence-electron chi connectivity index (χ2n) is 11.0. The molecular weight excluding hydrogens is 516 g/mol. The van der Waals surface area contributed by atoms with Crippen LogP contribution in [-0.2, 0) is 6.54 Å². The normalized spacial score (nSPS) is 18.9. The number of piperazine rings is 1. The molecule has 1 aromatic heterocycles. The molecule has 3 aliphatic rings. The number of nitrogens with one attached hydrogen (secondary N) is 1. The average molecular weight is 558 g/mol. The predicted molar refractivity (Wildman–Crippen MR) is 152 cm³/mol. The van der Waals surface area contributed by atoms with Gasteiger partial charge in [-0.05, 0) is 58.3 Å². The average Bonchev–Trinajstić information content (AvgIpc) is 3.48. The summed E-state index contributed by atoms with van der Waals surface area (Å²) in [6.45, 7) is 8.37. The van der Waals surface area contributed by atoms with E-state index >= 15 is 4.39 Å². The summed E-state index contributed by atoms with van der Waals surface area (Å²) in [7, 11) is 2.17. The van der Waals surface area contributed by atoms with Gasteiger partial charge in [0.2, 0.25) is 5.95 Å². The van der Waals surface area contributed by atoms with E-state index in [1.165, 1.54) is 6.07 Å². The Bertz CT molecular complexity index is 1170. The molecule has 2 aromatic rings. The van der Waals surface area contributed by atoms with Gasteiger partial charge < -0.3 is 19.9 Å². The quantitative estimate of drug-likeness (QED) is 0.395. The molecule has 1 N–H and O–H groups in total. The van der Waals surface area contributed by atoms with Crippen molar-refractivity contribution >= 4 is 23.5 Å². The van der Waals surface area contributed by atoms with Gasteiger partial charge in [0.15, 0.2) is 11.6 Å². The number of benzene rings is 1. The zero-order chi connectivity index (χ0) is 28.1. The summed E-state index contributed by atoms with van der Waals surface area (Å²) >= 11 is 0.